The molecule has 0 saturated heterocycles. The van der Waals surface area contributed by atoms with Gasteiger partial charge in [0.15, 0.2) is 0 Å². The van der Waals surface area contributed by atoms with Crippen molar-refractivity contribution in [2.75, 3.05) is 0 Å². The van der Waals surface area contributed by atoms with Crippen LogP contribution >= 0.6 is 0 Å². The van der Waals surface area contributed by atoms with Crippen LogP contribution in [0.15, 0.2) is 6.07 Å². The number of carboxylic acid groups (broad SMARTS) is 1. The molecule has 0 aliphatic carbocycles. The predicted molar refractivity (Wildman–Crippen MR) is 62.3 cm³/mol. The third kappa shape index (κ3) is 2.32. The second kappa shape index (κ2) is 4.87. The molecule has 1 N–H and O–H groups in total. The molecule has 0 unspecified atom stereocenters. The first kappa shape index (κ1) is 13.6. The number of aryl methyl sites for hydroxylation is 1. The van der Waals surface area contributed by atoms with Crippen LogP contribution in [0.25, 0.3) is 0 Å². The van der Waals surface area contributed by atoms with Gasteiger partial charge in [0.1, 0.15) is 0 Å². The van der Waals surface area contributed by atoms with Crippen molar-refractivity contribution in [2.24, 2.45) is 0 Å². The fourth-order valence-electron chi connectivity index (χ4n) is 1.43. The molecular weight excluding hydrogens is 279 g/mol. The Balaban J connectivity index is 0.00000169. The first-order valence-electron chi connectivity index (χ1n) is 4.26. The van der Waals surface area contributed by atoms with E-state index in [0.717, 1.165) is 16.7 Å². The fourth-order valence-corrected chi connectivity index (χ4v) is 1.43. The van der Waals surface area contributed by atoms with Gasteiger partial charge in [-0.15, -0.1) is 0 Å². The molecule has 0 fully saturated rings. The molecule has 0 heterocycles. The standard InChI is InChI=1S/C11H14O2.In.3H/c1-6-5-10(11(12)13)9(4)8(3)7(6)2;;;;/h5H,1-4H3,(H,12,13);;;;. The molecule has 76 valence electrons. The Morgan fingerprint density at radius 3 is 2.00 bits per heavy atom. The van der Waals surface area contributed by atoms with Crippen molar-refractivity contribution >= 4 is 31.8 Å². The average Bonchev–Trinajstić information content (AvgIpc) is 2.07. The Hall–Kier alpha value is -0.440. The summed E-state index contributed by atoms with van der Waals surface area (Å²) in [7, 11) is 0. The predicted octanol–water partition coefficient (Wildman–Crippen LogP) is 1.43. The summed E-state index contributed by atoms with van der Waals surface area (Å²) in [5.74, 6) is -0.844. The van der Waals surface area contributed by atoms with Crippen LogP contribution in [0.1, 0.15) is 32.6 Å². The maximum atomic E-state index is 10.8. The second-order valence-electron chi connectivity index (χ2n) is 3.42. The molecule has 0 saturated carbocycles. The number of hydrogen-bond donors (Lipinski definition) is 1. The van der Waals surface area contributed by atoms with Gasteiger partial charge in [-0.3, -0.25) is 0 Å². The summed E-state index contributed by atoms with van der Waals surface area (Å²) in [6.07, 6.45) is 0. The van der Waals surface area contributed by atoms with E-state index in [1.165, 1.54) is 5.56 Å². The number of hydrogen-bond acceptors (Lipinski definition) is 1. The van der Waals surface area contributed by atoms with Gasteiger partial charge in [-0.1, -0.05) is 0 Å². The van der Waals surface area contributed by atoms with Crippen LogP contribution in [0.4, 0.5) is 0 Å². The van der Waals surface area contributed by atoms with E-state index < -0.39 is 5.97 Å². The summed E-state index contributed by atoms with van der Waals surface area (Å²) in [4.78, 5) is 10.8. The van der Waals surface area contributed by atoms with Crippen LogP contribution in [-0.2, 0) is 0 Å². The zero-order valence-corrected chi connectivity index (χ0v) is 8.43. The molecule has 14 heavy (non-hydrogen) atoms. The van der Waals surface area contributed by atoms with Gasteiger partial charge in [-0.25, -0.2) is 4.79 Å². The molecule has 1 aromatic carbocycles. The summed E-state index contributed by atoms with van der Waals surface area (Å²) >= 11 is 0. The number of carboxylic acids is 1. The monoisotopic (exact) mass is 296 g/mol. The van der Waals surface area contributed by atoms with E-state index in [9.17, 15) is 4.79 Å². The summed E-state index contributed by atoms with van der Waals surface area (Å²) < 4.78 is 0. The zero-order valence-electron chi connectivity index (χ0n) is 8.43. The van der Waals surface area contributed by atoms with E-state index in [2.05, 4.69) is 0 Å². The Kier molecular flexibility index (Phi) is 4.72. The SMILES string of the molecule is Cc1cc(C(=O)O)c(C)c(C)c1C.[InH3]. The van der Waals surface area contributed by atoms with Gasteiger partial charge in [0.05, 0.1) is 5.56 Å². The van der Waals surface area contributed by atoms with Crippen LogP contribution in [-0.4, -0.2) is 36.9 Å². The Morgan fingerprint density at radius 2 is 1.57 bits per heavy atom. The number of benzene rings is 1. The van der Waals surface area contributed by atoms with Crippen molar-refractivity contribution in [1.29, 1.82) is 0 Å². The van der Waals surface area contributed by atoms with Crippen molar-refractivity contribution in [3.8, 4) is 0 Å². The molecule has 1 aromatic rings. The molecule has 0 aliphatic rings. The molecule has 3 heteroatoms. The van der Waals surface area contributed by atoms with Gasteiger partial charge in [0.25, 0.3) is 0 Å². The molecule has 0 aromatic heterocycles. The molecule has 2 nitrogen and oxygen atoms in total. The van der Waals surface area contributed by atoms with Crippen LogP contribution in [0.5, 0.6) is 0 Å². The maximum absolute atomic E-state index is 10.8. The van der Waals surface area contributed by atoms with E-state index in [1.807, 2.05) is 27.7 Å². The van der Waals surface area contributed by atoms with Crippen molar-refractivity contribution in [3.63, 3.8) is 0 Å². The van der Waals surface area contributed by atoms with Crippen LogP contribution < -0.4 is 0 Å². The van der Waals surface area contributed by atoms with Crippen LogP contribution in [0.3, 0.4) is 0 Å². The molecule has 0 atom stereocenters. The van der Waals surface area contributed by atoms with Crippen LogP contribution in [0, 0.1) is 27.7 Å². The molecule has 0 radical (unpaired) electrons. The summed E-state index contributed by atoms with van der Waals surface area (Å²) in [6.45, 7) is 7.77. The van der Waals surface area contributed by atoms with Gasteiger partial charge in [0, 0.05) is 0 Å². The molecule has 1 rings (SSSR count). The second-order valence-corrected chi connectivity index (χ2v) is 3.42. The third-order valence-electron chi connectivity index (χ3n) is 2.71. The van der Waals surface area contributed by atoms with Gasteiger partial charge in [-0.05, 0) is 56.0 Å². The van der Waals surface area contributed by atoms with Crippen molar-refractivity contribution in [1.82, 2.24) is 0 Å². The first-order chi connectivity index (χ1) is 5.95. The normalized spacial score (nSPS) is 9.43. The van der Waals surface area contributed by atoms with Crippen LogP contribution in [0.2, 0.25) is 0 Å². The summed E-state index contributed by atoms with van der Waals surface area (Å²) in [5.41, 5.74) is 4.59. The van der Waals surface area contributed by atoms with E-state index in [-0.39, 0.29) is 25.8 Å². The van der Waals surface area contributed by atoms with Gasteiger partial charge in [0.2, 0.25) is 0 Å². The minimum atomic E-state index is -0.844. The quantitative estimate of drug-likeness (QED) is 0.851. The number of rotatable bonds is 1. The molecular formula is C11H17InO2. The summed E-state index contributed by atoms with van der Waals surface area (Å²) in [5, 5.41) is 8.91. The molecule has 0 aliphatic heterocycles. The Labute approximate surface area is 103 Å². The van der Waals surface area contributed by atoms with Gasteiger partial charge in [-0.2, -0.15) is 0 Å². The van der Waals surface area contributed by atoms with Crippen molar-refractivity contribution in [3.05, 3.63) is 33.9 Å². The topological polar surface area (TPSA) is 37.3 Å². The number of aromatic carboxylic acids is 1. The molecule has 0 spiro atoms. The van der Waals surface area contributed by atoms with Crippen molar-refractivity contribution < 1.29 is 9.90 Å². The molecule has 0 amide bonds. The summed E-state index contributed by atoms with van der Waals surface area (Å²) in [6, 6.07) is 1.74. The van der Waals surface area contributed by atoms with Gasteiger partial charge < -0.3 is 5.11 Å². The Bertz CT molecular complexity index is 370. The Morgan fingerprint density at radius 1 is 1.07 bits per heavy atom. The van der Waals surface area contributed by atoms with E-state index >= 15 is 0 Å². The van der Waals surface area contributed by atoms with Crippen molar-refractivity contribution in [2.45, 2.75) is 27.7 Å². The zero-order chi connectivity index (χ0) is 10.2. The fraction of sp³-hybridized carbons (Fsp3) is 0.364. The first-order valence-corrected chi connectivity index (χ1v) is 4.26. The average molecular weight is 296 g/mol. The minimum absolute atomic E-state index is 0. The third-order valence-corrected chi connectivity index (χ3v) is 2.71. The van der Waals surface area contributed by atoms with E-state index in [1.54, 1.807) is 6.07 Å². The van der Waals surface area contributed by atoms with E-state index in [0.29, 0.717) is 5.56 Å². The molecule has 0 bridgehead atoms. The van der Waals surface area contributed by atoms with E-state index in [4.69, 9.17) is 5.11 Å². The van der Waals surface area contributed by atoms with Gasteiger partial charge >= 0.3 is 31.8 Å². The number of carbonyl (C=O) groups is 1.